The van der Waals surface area contributed by atoms with Crippen molar-refractivity contribution in [3.63, 3.8) is 0 Å². The fourth-order valence-corrected chi connectivity index (χ4v) is 6.86. The highest BCUT2D eigenvalue weighted by atomic mass is 32.2. The number of rotatable bonds is 10. The lowest BCUT2D eigenvalue weighted by atomic mass is 10.2. The maximum absolute atomic E-state index is 12.5. The molecule has 10 heteroatoms. The summed E-state index contributed by atoms with van der Waals surface area (Å²) in [5.41, 5.74) is 0.877. The zero-order valence-electron chi connectivity index (χ0n) is 16.4. The van der Waals surface area contributed by atoms with Crippen molar-refractivity contribution < 1.29 is 21.6 Å². The predicted octanol–water partition coefficient (Wildman–Crippen LogP) is 2.72. The number of nitriles is 1. The molecule has 2 fully saturated rings. The first-order valence-corrected chi connectivity index (χ1v) is 13.5. The van der Waals surface area contributed by atoms with Crippen molar-refractivity contribution >= 4 is 19.7 Å². The number of nitrogens with zero attached hydrogens (tertiary/aromatic N) is 2. The van der Waals surface area contributed by atoms with Crippen molar-refractivity contribution in [3.05, 3.63) is 41.2 Å². The molecule has 1 N–H and O–H groups in total. The zero-order chi connectivity index (χ0) is 21.4. The minimum atomic E-state index is -3.39. The summed E-state index contributed by atoms with van der Waals surface area (Å²) in [5, 5.41) is 15.7. The van der Waals surface area contributed by atoms with Crippen LogP contribution in [0.2, 0.25) is 0 Å². The summed E-state index contributed by atoms with van der Waals surface area (Å²) in [7, 11) is -6.77. The maximum atomic E-state index is 12.5. The number of sulfone groups is 2. The summed E-state index contributed by atoms with van der Waals surface area (Å²) in [5.74, 6) is 0.535. The first-order chi connectivity index (χ1) is 14.2. The highest BCUT2D eigenvalue weighted by Crippen LogP contribution is 2.35. The van der Waals surface area contributed by atoms with Gasteiger partial charge in [-0.15, -0.1) is 0 Å². The second kappa shape index (κ2) is 8.04. The lowest BCUT2D eigenvalue weighted by Gasteiger charge is -2.10. The van der Waals surface area contributed by atoms with E-state index in [1.807, 2.05) is 6.07 Å². The molecule has 2 aliphatic rings. The number of hydrogen-bond donors (Lipinski definition) is 1. The lowest BCUT2D eigenvalue weighted by Crippen LogP contribution is -2.12. The standard InChI is InChI=1S/C20H23N3O5S2/c21-9-14-5-7-17(8-6-14)28-20-18(12-29(24,25)10-15-1-2-15)22-23-19(20)13-30(26,27)11-16-3-4-16/h5-8,15-16H,1-4,10-13H2,(H,22,23). The van der Waals surface area contributed by atoms with Crippen LogP contribution < -0.4 is 4.74 Å². The van der Waals surface area contributed by atoms with Crippen LogP contribution >= 0.6 is 0 Å². The molecule has 30 heavy (non-hydrogen) atoms. The van der Waals surface area contributed by atoms with E-state index in [0.717, 1.165) is 25.7 Å². The SMILES string of the molecule is N#Cc1ccc(Oc2c(CS(=O)(=O)CC3CC3)n[nH]c2CS(=O)(=O)CC2CC2)cc1. The molecule has 2 aromatic rings. The molecule has 0 aliphatic heterocycles. The van der Waals surface area contributed by atoms with Gasteiger partial charge in [-0.2, -0.15) is 10.4 Å². The molecule has 1 aromatic carbocycles. The van der Waals surface area contributed by atoms with Gasteiger partial charge in [0, 0.05) is 0 Å². The summed E-state index contributed by atoms with van der Waals surface area (Å²) in [4.78, 5) is 0. The summed E-state index contributed by atoms with van der Waals surface area (Å²) in [6.07, 6.45) is 3.67. The van der Waals surface area contributed by atoms with Crippen LogP contribution in [-0.4, -0.2) is 38.5 Å². The zero-order valence-corrected chi connectivity index (χ0v) is 18.0. The fourth-order valence-electron chi connectivity index (χ4n) is 3.28. The third kappa shape index (κ3) is 5.61. The number of nitrogens with one attached hydrogen (secondary N) is 1. The average Bonchev–Trinajstić information content (AvgIpc) is 3.60. The van der Waals surface area contributed by atoms with Gasteiger partial charge in [0.2, 0.25) is 0 Å². The van der Waals surface area contributed by atoms with E-state index in [4.69, 9.17) is 10.00 Å². The predicted molar refractivity (Wildman–Crippen MR) is 110 cm³/mol. The van der Waals surface area contributed by atoms with Gasteiger partial charge in [0.1, 0.15) is 11.4 Å². The largest absolute Gasteiger partial charge is 0.453 e. The maximum Gasteiger partial charge on any atom is 0.173 e. The summed E-state index contributed by atoms with van der Waals surface area (Å²) >= 11 is 0. The number of H-pyrrole nitrogens is 1. The van der Waals surface area contributed by atoms with Crippen LogP contribution in [0.1, 0.15) is 42.6 Å². The molecular weight excluding hydrogens is 426 g/mol. The minimum Gasteiger partial charge on any atom is -0.453 e. The van der Waals surface area contributed by atoms with Crippen LogP contribution in [0.5, 0.6) is 11.5 Å². The topological polar surface area (TPSA) is 130 Å². The molecule has 0 radical (unpaired) electrons. The van der Waals surface area contributed by atoms with E-state index in [0.29, 0.717) is 11.3 Å². The molecule has 0 spiro atoms. The van der Waals surface area contributed by atoms with Gasteiger partial charge in [-0.05, 0) is 61.8 Å². The van der Waals surface area contributed by atoms with E-state index in [2.05, 4.69) is 10.2 Å². The minimum absolute atomic E-state index is 0.103. The molecule has 0 amide bonds. The Morgan fingerprint density at radius 1 is 0.967 bits per heavy atom. The van der Waals surface area contributed by atoms with Gasteiger partial charge in [0.25, 0.3) is 0 Å². The Morgan fingerprint density at radius 2 is 1.53 bits per heavy atom. The molecule has 1 aromatic heterocycles. The van der Waals surface area contributed by atoms with Crippen molar-refractivity contribution in [2.75, 3.05) is 11.5 Å². The van der Waals surface area contributed by atoms with Crippen LogP contribution in [0.3, 0.4) is 0 Å². The number of aromatic nitrogens is 2. The van der Waals surface area contributed by atoms with Crippen molar-refractivity contribution in [3.8, 4) is 17.6 Å². The van der Waals surface area contributed by atoms with E-state index >= 15 is 0 Å². The number of ether oxygens (including phenoxy) is 1. The Bertz CT molecular complexity index is 1110. The monoisotopic (exact) mass is 449 g/mol. The smallest absolute Gasteiger partial charge is 0.173 e. The van der Waals surface area contributed by atoms with Gasteiger partial charge in [0.15, 0.2) is 25.4 Å². The highest BCUT2D eigenvalue weighted by Gasteiger charge is 2.32. The van der Waals surface area contributed by atoms with Crippen LogP contribution in [0, 0.1) is 23.2 Å². The molecule has 0 saturated heterocycles. The molecule has 160 valence electrons. The van der Waals surface area contributed by atoms with Crippen molar-refractivity contribution in [2.45, 2.75) is 37.2 Å². The third-order valence-corrected chi connectivity index (χ3v) is 8.56. The molecular formula is C20H23N3O5S2. The molecule has 8 nitrogen and oxygen atoms in total. The normalized spacial score (nSPS) is 16.9. The summed E-state index contributed by atoms with van der Waals surface area (Å²) in [6, 6.07) is 8.32. The first kappa shape index (κ1) is 20.9. The van der Waals surface area contributed by atoms with Gasteiger partial charge < -0.3 is 4.74 Å². The average molecular weight is 450 g/mol. The Morgan fingerprint density at radius 3 is 2.07 bits per heavy atom. The van der Waals surface area contributed by atoms with Gasteiger partial charge in [-0.25, -0.2) is 16.8 Å². The molecule has 2 saturated carbocycles. The van der Waals surface area contributed by atoms with Gasteiger partial charge in [-0.3, -0.25) is 5.10 Å². The number of hydrogen-bond acceptors (Lipinski definition) is 7. The van der Waals surface area contributed by atoms with Crippen molar-refractivity contribution in [2.24, 2.45) is 11.8 Å². The Balaban J connectivity index is 1.61. The van der Waals surface area contributed by atoms with Crippen LogP contribution in [-0.2, 0) is 31.2 Å². The van der Waals surface area contributed by atoms with Crippen LogP contribution in [0.15, 0.2) is 24.3 Å². The first-order valence-electron chi connectivity index (χ1n) is 9.88. The molecule has 2 aliphatic carbocycles. The number of benzene rings is 1. The van der Waals surface area contributed by atoms with E-state index < -0.39 is 19.7 Å². The lowest BCUT2D eigenvalue weighted by molar-refractivity contribution is 0.473. The summed E-state index contributed by atoms with van der Waals surface area (Å²) < 4.78 is 56.0. The second-order valence-corrected chi connectivity index (χ2v) is 12.4. The van der Waals surface area contributed by atoms with Crippen molar-refractivity contribution in [1.29, 1.82) is 5.26 Å². The Labute approximate surface area is 176 Å². The third-order valence-electron chi connectivity index (χ3n) is 5.16. The van der Waals surface area contributed by atoms with Crippen molar-refractivity contribution in [1.82, 2.24) is 10.2 Å². The number of aromatic amines is 1. The Hall–Kier alpha value is -2.38. The molecule has 1 heterocycles. The van der Waals surface area contributed by atoms with Gasteiger partial charge >= 0.3 is 0 Å². The van der Waals surface area contributed by atoms with Gasteiger partial charge in [-0.1, -0.05) is 0 Å². The molecule has 4 rings (SSSR count). The molecule has 0 bridgehead atoms. The van der Waals surface area contributed by atoms with E-state index in [1.165, 1.54) is 0 Å². The van der Waals surface area contributed by atoms with Crippen LogP contribution in [0.25, 0.3) is 0 Å². The van der Waals surface area contributed by atoms with E-state index in [1.54, 1.807) is 24.3 Å². The van der Waals surface area contributed by atoms with Crippen LogP contribution in [0.4, 0.5) is 0 Å². The van der Waals surface area contributed by atoms with E-state index in [-0.39, 0.29) is 52.0 Å². The van der Waals surface area contributed by atoms with E-state index in [9.17, 15) is 16.8 Å². The van der Waals surface area contributed by atoms with Gasteiger partial charge in [0.05, 0.1) is 40.3 Å². The molecule has 0 atom stereocenters. The highest BCUT2D eigenvalue weighted by molar-refractivity contribution is 7.90. The Kier molecular flexibility index (Phi) is 5.59. The molecule has 0 unspecified atom stereocenters. The fraction of sp³-hybridized carbons (Fsp3) is 0.500. The quantitative estimate of drug-likeness (QED) is 0.590. The second-order valence-electron chi connectivity index (χ2n) is 8.21. The summed E-state index contributed by atoms with van der Waals surface area (Å²) in [6.45, 7) is 0.